The van der Waals surface area contributed by atoms with Crippen LogP contribution in [0.2, 0.25) is 0 Å². The van der Waals surface area contributed by atoms with E-state index >= 15 is 0 Å². The summed E-state index contributed by atoms with van der Waals surface area (Å²) in [5.74, 6) is -1.06. The van der Waals surface area contributed by atoms with Gasteiger partial charge in [-0.25, -0.2) is 13.2 Å². The number of carboxylic acid groups (broad SMARTS) is 1. The topological polar surface area (TPSA) is 91.8 Å². The van der Waals surface area contributed by atoms with Gasteiger partial charge in [-0.2, -0.15) is 0 Å². The van der Waals surface area contributed by atoms with Crippen LogP contribution < -0.4 is 0 Å². The van der Waals surface area contributed by atoms with Crippen molar-refractivity contribution in [1.82, 2.24) is 4.90 Å². The molecule has 0 saturated carbocycles. The van der Waals surface area contributed by atoms with Crippen molar-refractivity contribution < 1.29 is 23.1 Å². The normalized spacial score (nSPS) is 29.4. The maximum absolute atomic E-state index is 11.5. The Balaban J connectivity index is 2.18. The lowest BCUT2D eigenvalue weighted by Crippen LogP contribution is -2.40. The third-order valence-electron chi connectivity index (χ3n) is 4.08. The zero-order valence-corrected chi connectivity index (χ0v) is 11.1. The van der Waals surface area contributed by atoms with Crippen LogP contribution in [0.5, 0.6) is 0 Å². The lowest BCUT2D eigenvalue weighted by Gasteiger charge is -2.32. The highest BCUT2D eigenvalue weighted by atomic mass is 32.2. The number of likely N-dealkylation sites (tertiary alicyclic amines) is 1. The average molecular weight is 275 g/mol. The van der Waals surface area contributed by atoms with E-state index in [2.05, 4.69) is 0 Å². The van der Waals surface area contributed by atoms with Crippen LogP contribution >= 0.6 is 0 Å². The number of carboxylic acids is 1. The van der Waals surface area contributed by atoms with Gasteiger partial charge in [0.1, 0.15) is 15.9 Å². The second kappa shape index (κ2) is 4.22. The van der Waals surface area contributed by atoms with Crippen LogP contribution in [0.25, 0.3) is 0 Å². The highest BCUT2D eigenvalue weighted by Gasteiger charge is 2.50. The summed E-state index contributed by atoms with van der Waals surface area (Å²) in [6.07, 6.45) is 1.29. The SMILES string of the molecule is CC(=O)N1CC2(CCS(=O)(=O)CC2)CC1C(=O)O. The molecule has 1 unspecified atom stereocenters. The van der Waals surface area contributed by atoms with E-state index in [-0.39, 0.29) is 22.8 Å². The Morgan fingerprint density at radius 1 is 1.28 bits per heavy atom. The lowest BCUT2D eigenvalue weighted by atomic mass is 9.80. The molecule has 2 fully saturated rings. The minimum atomic E-state index is -2.97. The molecule has 1 spiro atoms. The van der Waals surface area contributed by atoms with E-state index in [0.29, 0.717) is 25.8 Å². The molecule has 1 atom stereocenters. The molecular formula is C11H17NO5S. The second-order valence-corrected chi connectivity index (χ2v) is 7.66. The molecule has 0 radical (unpaired) electrons. The molecule has 2 aliphatic heterocycles. The molecule has 6 nitrogen and oxygen atoms in total. The van der Waals surface area contributed by atoms with Crippen molar-refractivity contribution in [3.63, 3.8) is 0 Å². The number of rotatable bonds is 1. The fraction of sp³-hybridized carbons (Fsp3) is 0.818. The van der Waals surface area contributed by atoms with Crippen molar-refractivity contribution >= 4 is 21.7 Å². The molecular weight excluding hydrogens is 258 g/mol. The van der Waals surface area contributed by atoms with Crippen molar-refractivity contribution in [2.75, 3.05) is 18.1 Å². The van der Waals surface area contributed by atoms with Gasteiger partial charge in [0.2, 0.25) is 5.91 Å². The van der Waals surface area contributed by atoms with Crippen LogP contribution in [-0.4, -0.2) is 54.4 Å². The monoisotopic (exact) mass is 275 g/mol. The molecule has 0 aliphatic carbocycles. The van der Waals surface area contributed by atoms with E-state index in [1.54, 1.807) is 0 Å². The van der Waals surface area contributed by atoms with Crippen molar-refractivity contribution in [1.29, 1.82) is 0 Å². The fourth-order valence-electron chi connectivity index (χ4n) is 2.94. The summed E-state index contributed by atoms with van der Waals surface area (Å²) in [6.45, 7) is 1.73. The Morgan fingerprint density at radius 2 is 1.83 bits per heavy atom. The molecule has 2 heterocycles. The van der Waals surface area contributed by atoms with Crippen molar-refractivity contribution in [2.45, 2.75) is 32.2 Å². The number of carbonyl (C=O) groups excluding carboxylic acids is 1. The van der Waals surface area contributed by atoms with Gasteiger partial charge in [0.05, 0.1) is 11.5 Å². The highest BCUT2D eigenvalue weighted by molar-refractivity contribution is 7.91. The van der Waals surface area contributed by atoms with Crippen molar-refractivity contribution in [2.24, 2.45) is 5.41 Å². The van der Waals surface area contributed by atoms with Gasteiger partial charge in [-0.1, -0.05) is 0 Å². The third kappa shape index (κ3) is 2.36. The second-order valence-electron chi connectivity index (χ2n) is 5.36. The molecule has 0 bridgehead atoms. The summed E-state index contributed by atoms with van der Waals surface area (Å²) in [6, 6.07) is -0.802. The predicted molar refractivity (Wildman–Crippen MR) is 63.7 cm³/mol. The van der Waals surface area contributed by atoms with Gasteiger partial charge in [-0.15, -0.1) is 0 Å². The number of carbonyl (C=O) groups is 2. The van der Waals surface area contributed by atoms with Gasteiger partial charge in [-0.05, 0) is 24.7 Å². The Labute approximate surface area is 106 Å². The molecule has 2 aliphatic rings. The maximum atomic E-state index is 11.5. The maximum Gasteiger partial charge on any atom is 0.326 e. The first kappa shape index (κ1) is 13.3. The molecule has 7 heteroatoms. The predicted octanol–water partition coefficient (Wildman–Crippen LogP) is -0.113. The number of nitrogens with zero attached hydrogens (tertiary/aromatic N) is 1. The van der Waals surface area contributed by atoms with Gasteiger partial charge < -0.3 is 10.0 Å². The van der Waals surface area contributed by atoms with Crippen molar-refractivity contribution in [3.05, 3.63) is 0 Å². The zero-order valence-electron chi connectivity index (χ0n) is 10.3. The first-order valence-corrected chi connectivity index (χ1v) is 7.77. The van der Waals surface area contributed by atoms with Crippen molar-refractivity contribution in [3.8, 4) is 0 Å². The van der Waals surface area contributed by atoms with Crippen LogP contribution in [0, 0.1) is 5.41 Å². The van der Waals surface area contributed by atoms with E-state index in [0.717, 1.165) is 0 Å². The van der Waals surface area contributed by atoms with E-state index in [9.17, 15) is 18.0 Å². The molecule has 18 heavy (non-hydrogen) atoms. The molecule has 0 aromatic carbocycles. The van der Waals surface area contributed by atoms with Crippen LogP contribution in [-0.2, 0) is 19.4 Å². The fourth-order valence-corrected chi connectivity index (χ4v) is 4.63. The number of amides is 1. The van der Waals surface area contributed by atoms with Gasteiger partial charge >= 0.3 is 5.97 Å². The summed E-state index contributed by atoms with van der Waals surface area (Å²) in [7, 11) is -2.97. The van der Waals surface area contributed by atoms with Crippen LogP contribution in [0.3, 0.4) is 0 Å². The first-order chi connectivity index (χ1) is 8.25. The molecule has 102 valence electrons. The number of hydrogen-bond acceptors (Lipinski definition) is 4. The summed E-state index contributed by atoms with van der Waals surface area (Å²) >= 11 is 0. The lowest BCUT2D eigenvalue weighted by molar-refractivity contribution is -0.147. The average Bonchev–Trinajstić information content (AvgIpc) is 2.64. The van der Waals surface area contributed by atoms with Crippen LogP contribution in [0.15, 0.2) is 0 Å². The molecule has 2 rings (SSSR count). The summed E-state index contributed by atoms with van der Waals surface area (Å²) < 4.78 is 22.8. The molecule has 1 N–H and O–H groups in total. The minimum absolute atomic E-state index is 0.102. The van der Waals surface area contributed by atoms with Gasteiger partial charge in [0.15, 0.2) is 0 Å². The van der Waals surface area contributed by atoms with Crippen LogP contribution in [0.4, 0.5) is 0 Å². The smallest absolute Gasteiger partial charge is 0.326 e. The number of aliphatic carboxylic acids is 1. The summed E-state index contributed by atoms with van der Waals surface area (Å²) in [4.78, 5) is 24.0. The summed E-state index contributed by atoms with van der Waals surface area (Å²) in [5, 5.41) is 9.14. The molecule has 1 amide bonds. The largest absolute Gasteiger partial charge is 0.480 e. The molecule has 0 aromatic heterocycles. The number of sulfone groups is 1. The minimum Gasteiger partial charge on any atom is -0.480 e. The Bertz CT molecular complexity index is 446. The first-order valence-electron chi connectivity index (χ1n) is 5.95. The van der Waals surface area contributed by atoms with E-state index < -0.39 is 21.8 Å². The number of hydrogen-bond donors (Lipinski definition) is 1. The molecule has 2 saturated heterocycles. The van der Waals surface area contributed by atoms with Gasteiger partial charge in [-0.3, -0.25) is 4.79 Å². The molecule has 0 aromatic rings. The quantitative estimate of drug-likeness (QED) is 0.720. The van der Waals surface area contributed by atoms with E-state index in [1.807, 2.05) is 0 Å². The van der Waals surface area contributed by atoms with E-state index in [1.165, 1.54) is 11.8 Å². The standard InChI is InChI=1S/C11H17NO5S/c1-8(13)12-7-11(6-9(12)10(14)15)2-4-18(16,17)5-3-11/h9H,2-7H2,1H3,(H,14,15). The Morgan fingerprint density at radius 3 is 2.22 bits per heavy atom. The third-order valence-corrected chi connectivity index (χ3v) is 5.74. The Hall–Kier alpha value is -1.11. The highest BCUT2D eigenvalue weighted by Crippen LogP contribution is 2.44. The summed E-state index contributed by atoms with van der Waals surface area (Å²) in [5.41, 5.74) is -0.319. The zero-order chi connectivity index (χ0) is 13.6. The van der Waals surface area contributed by atoms with Gasteiger partial charge in [0.25, 0.3) is 0 Å². The van der Waals surface area contributed by atoms with E-state index in [4.69, 9.17) is 5.11 Å². The Kier molecular flexibility index (Phi) is 3.12. The van der Waals surface area contributed by atoms with Gasteiger partial charge in [0, 0.05) is 13.5 Å². The van der Waals surface area contributed by atoms with Crippen LogP contribution in [0.1, 0.15) is 26.2 Å².